The molecule has 0 fully saturated rings. The van der Waals surface area contributed by atoms with Gasteiger partial charge in [-0.05, 0) is 0 Å². The third-order valence-electron chi connectivity index (χ3n) is 2.30. The first kappa shape index (κ1) is 9.96. The molecule has 0 spiro atoms. The van der Waals surface area contributed by atoms with Crippen molar-refractivity contribution < 1.29 is 0 Å². The Hall–Kier alpha value is -1.58. The van der Waals surface area contributed by atoms with Crippen molar-refractivity contribution in [3.05, 3.63) is 30.6 Å². The third kappa shape index (κ3) is 1.79. The van der Waals surface area contributed by atoms with E-state index < -0.39 is 0 Å². The number of aromatic nitrogens is 4. The molecule has 0 amide bonds. The zero-order valence-corrected chi connectivity index (χ0v) is 9.60. The molecule has 2 heterocycles. The molecule has 0 unspecified atom stereocenters. The first-order chi connectivity index (χ1) is 6.98. The van der Waals surface area contributed by atoms with Gasteiger partial charge in [0.15, 0.2) is 0 Å². The summed E-state index contributed by atoms with van der Waals surface area (Å²) in [5.74, 6) is 0. The van der Waals surface area contributed by atoms with Crippen LogP contribution in [-0.4, -0.2) is 19.3 Å². The molecule has 0 aromatic carbocycles. The lowest BCUT2D eigenvalue weighted by atomic mass is 9.91. The van der Waals surface area contributed by atoms with Crippen molar-refractivity contribution in [1.82, 2.24) is 19.3 Å². The molecule has 2 aromatic rings. The van der Waals surface area contributed by atoms with E-state index in [2.05, 4.69) is 30.9 Å². The molecular formula is C11H16N4. The Kier molecular flexibility index (Phi) is 2.14. The maximum atomic E-state index is 4.51. The number of aryl methyl sites for hydroxylation is 1. The summed E-state index contributed by atoms with van der Waals surface area (Å²) in [6, 6.07) is 0. The predicted octanol–water partition coefficient (Wildman–Crippen LogP) is 1.90. The molecule has 0 saturated carbocycles. The van der Waals surface area contributed by atoms with Gasteiger partial charge in [0.05, 0.1) is 17.7 Å². The van der Waals surface area contributed by atoms with E-state index >= 15 is 0 Å². The first-order valence-corrected chi connectivity index (χ1v) is 5.01. The molecular weight excluding hydrogens is 188 g/mol. The molecule has 0 saturated heterocycles. The number of imidazole rings is 1. The quantitative estimate of drug-likeness (QED) is 0.711. The van der Waals surface area contributed by atoms with Gasteiger partial charge in [-0.25, -0.2) is 4.98 Å². The van der Waals surface area contributed by atoms with Gasteiger partial charge < -0.3 is 4.57 Å². The van der Waals surface area contributed by atoms with Crippen LogP contribution in [0.1, 0.15) is 26.5 Å². The van der Waals surface area contributed by atoms with Crippen molar-refractivity contribution in [2.24, 2.45) is 7.05 Å². The van der Waals surface area contributed by atoms with Crippen LogP contribution in [-0.2, 0) is 12.5 Å². The van der Waals surface area contributed by atoms with E-state index in [0.717, 1.165) is 11.4 Å². The molecule has 4 nitrogen and oxygen atoms in total. The van der Waals surface area contributed by atoms with E-state index in [1.165, 1.54) is 0 Å². The van der Waals surface area contributed by atoms with Gasteiger partial charge in [0, 0.05) is 31.1 Å². The standard InChI is InChI=1S/C11H16N4/c1-11(2,3)10-9(7-14(4)13-10)15-6-5-12-8-15/h5-8H,1-4H3. The van der Waals surface area contributed by atoms with Gasteiger partial charge in [-0.3, -0.25) is 4.68 Å². The zero-order valence-electron chi connectivity index (χ0n) is 9.60. The van der Waals surface area contributed by atoms with Gasteiger partial charge in [-0.1, -0.05) is 20.8 Å². The Labute approximate surface area is 89.6 Å². The monoisotopic (exact) mass is 204 g/mol. The fraction of sp³-hybridized carbons (Fsp3) is 0.455. The molecule has 0 aliphatic carbocycles. The average Bonchev–Trinajstić information content (AvgIpc) is 2.68. The summed E-state index contributed by atoms with van der Waals surface area (Å²) in [7, 11) is 1.94. The first-order valence-electron chi connectivity index (χ1n) is 5.01. The number of hydrogen-bond donors (Lipinski definition) is 0. The van der Waals surface area contributed by atoms with Crippen LogP contribution in [0.3, 0.4) is 0 Å². The van der Waals surface area contributed by atoms with Gasteiger partial charge in [-0.15, -0.1) is 0 Å². The number of rotatable bonds is 1. The molecule has 0 aliphatic heterocycles. The summed E-state index contributed by atoms with van der Waals surface area (Å²) in [4.78, 5) is 4.06. The Morgan fingerprint density at radius 2 is 2.00 bits per heavy atom. The van der Waals surface area contributed by atoms with Crippen LogP contribution in [0.5, 0.6) is 0 Å². The zero-order chi connectivity index (χ0) is 11.1. The lowest BCUT2D eigenvalue weighted by Gasteiger charge is -2.17. The molecule has 4 heteroatoms. The molecule has 15 heavy (non-hydrogen) atoms. The normalized spacial score (nSPS) is 12.0. The highest BCUT2D eigenvalue weighted by molar-refractivity contribution is 5.38. The van der Waals surface area contributed by atoms with E-state index in [-0.39, 0.29) is 5.41 Å². The van der Waals surface area contributed by atoms with Gasteiger partial charge >= 0.3 is 0 Å². The molecule has 2 rings (SSSR count). The molecule has 80 valence electrons. The summed E-state index contributed by atoms with van der Waals surface area (Å²) >= 11 is 0. The molecule has 0 bridgehead atoms. The molecule has 2 aromatic heterocycles. The fourth-order valence-electron chi connectivity index (χ4n) is 1.60. The van der Waals surface area contributed by atoms with Crippen LogP contribution in [0, 0.1) is 0 Å². The Morgan fingerprint density at radius 3 is 2.53 bits per heavy atom. The minimum absolute atomic E-state index is 0.0425. The topological polar surface area (TPSA) is 35.6 Å². The van der Waals surface area contributed by atoms with Crippen molar-refractivity contribution in [3.63, 3.8) is 0 Å². The second-order valence-corrected chi connectivity index (χ2v) is 4.76. The fourth-order valence-corrected chi connectivity index (χ4v) is 1.60. The lowest BCUT2D eigenvalue weighted by molar-refractivity contribution is 0.550. The highest BCUT2D eigenvalue weighted by atomic mass is 15.3. The summed E-state index contributed by atoms with van der Waals surface area (Å²) in [5, 5.41) is 4.51. The van der Waals surface area contributed by atoms with Crippen LogP contribution >= 0.6 is 0 Å². The van der Waals surface area contributed by atoms with Gasteiger partial charge in [0.25, 0.3) is 0 Å². The molecule has 0 atom stereocenters. The Bertz CT molecular complexity index is 445. The van der Waals surface area contributed by atoms with Crippen molar-refractivity contribution in [2.75, 3.05) is 0 Å². The summed E-state index contributed by atoms with van der Waals surface area (Å²) < 4.78 is 3.84. The SMILES string of the molecule is Cn1cc(-n2ccnc2)c(C(C)(C)C)n1. The highest BCUT2D eigenvalue weighted by Gasteiger charge is 2.22. The second-order valence-electron chi connectivity index (χ2n) is 4.76. The maximum absolute atomic E-state index is 4.51. The van der Waals surface area contributed by atoms with Crippen molar-refractivity contribution in [1.29, 1.82) is 0 Å². The van der Waals surface area contributed by atoms with Crippen LogP contribution < -0.4 is 0 Å². The van der Waals surface area contributed by atoms with Gasteiger partial charge in [0.2, 0.25) is 0 Å². The third-order valence-corrected chi connectivity index (χ3v) is 2.30. The minimum atomic E-state index is 0.0425. The summed E-state index contributed by atoms with van der Waals surface area (Å²) in [6.07, 6.45) is 7.53. The van der Waals surface area contributed by atoms with Crippen LogP contribution in [0.25, 0.3) is 5.69 Å². The van der Waals surface area contributed by atoms with Crippen molar-refractivity contribution in [2.45, 2.75) is 26.2 Å². The largest absolute Gasteiger partial charge is 0.303 e. The maximum Gasteiger partial charge on any atom is 0.0992 e. The smallest absolute Gasteiger partial charge is 0.0992 e. The summed E-state index contributed by atoms with van der Waals surface area (Å²) in [5.41, 5.74) is 2.23. The lowest BCUT2D eigenvalue weighted by Crippen LogP contribution is -2.15. The highest BCUT2D eigenvalue weighted by Crippen LogP contribution is 2.26. The molecule has 0 aliphatic rings. The average molecular weight is 204 g/mol. The van der Waals surface area contributed by atoms with Crippen molar-refractivity contribution in [3.8, 4) is 5.69 Å². The van der Waals surface area contributed by atoms with E-state index in [1.54, 1.807) is 12.5 Å². The molecule has 0 N–H and O–H groups in total. The van der Waals surface area contributed by atoms with E-state index in [4.69, 9.17) is 0 Å². The van der Waals surface area contributed by atoms with Crippen molar-refractivity contribution >= 4 is 0 Å². The second kappa shape index (κ2) is 3.22. The van der Waals surface area contributed by atoms with E-state index in [9.17, 15) is 0 Å². The van der Waals surface area contributed by atoms with E-state index in [1.807, 2.05) is 28.7 Å². The van der Waals surface area contributed by atoms with Crippen LogP contribution in [0.15, 0.2) is 24.9 Å². The van der Waals surface area contributed by atoms with Gasteiger partial charge in [-0.2, -0.15) is 5.10 Å². The van der Waals surface area contributed by atoms with E-state index in [0.29, 0.717) is 0 Å². The minimum Gasteiger partial charge on any atom is -0.303 e. The Morgan fingerprint density at radius 1 is 1.27 bits per heavy atom. The van der Waals surface area contributed by atoms with Crippen LogP contribution in [0.2, 0.25) is 0 Å². The Balaban J connectivity index is 2.57. The summed E-state index contributed by atoms with van der Waals surface area (Å²) in [6.45, 7) is 6.49. The predicted molar refractivity (Wildman–Crippen MR) is 59.0 cm³/mol. The molecule has 0 radical (unpaired) electrons. The number of hydrogen-bond acceptors (Lipinski definition) is 2. The van der Waals surface area contributed by atoms with Gasteiger partial charge in [0.1, 0.15) is 0 Å². The van der Waals surface area contributed by atoms with Crippen LogP contribution in [0.4, 0.5) is 0 Å². The number of nitrogens with zero attached hydrogens (tertiary/aromatic N) is 4.